The fraction of sp³-hybridized carbons (Fsp3) is 0.410. The lowest BCUT2D eigenvalue weighted by Crippen LogP contribution is -1.95. The van der Waals surface area contributed by atoms with E-state index in [1.165, 1.54) is 111 Å². The zero-order valence-corrected chi connectivity index (χ0v) is 54.7. The van der Waals surface area contributed by atoms with Crippen LogP contribution in [-0.2, 0) is 51.4 Å². The molecule has 0 spiro atoms. The molecule has 4 aliphatic heterocycles. The SMILES string of the molecule is CCC1=C(CC)c2nc1cc1[nH]c(cc3[nH]c(cc4nc(c2C#C/C=C/C#Cc2c5nc(cc6[nH]c(cc7[nH]c(cc8nc2C(CC)=C8CC)c(CC)c7CC)c(CC)c6CC)C(CC)=C5CC)C(CC)=C4CC)c(CC)c3CC)c(CC)c1CC. The molecule has 8 heteroatoms. The van der Waals surface area contributed by atoms with Gasteiger partial charge >= 0.3 is 0 Å². The Morgan fingerprint density at radius 3 is 0.616 bits per heavy atom. The van der Waals surface area contributed by atoms with Gasteiger partial charge in [-0.2, -0.15) is 0 Å². The van der Waals surface area contributed by atoms with Crippen molar-refractivity contribution in [2.45, 2.75) is 214 Å². The van der Waals surface area contributed by atoms with Gasteiger partial charge in [0.1, 0.15) is 0 Å². The van der Waals surface area contributed by atoms with Crippen molar-refractivity contribution in [2.24, 2.45) is 0 Å². The standard InChI is InChI=1S/C78H92N8/c1-17-45-49(21-5)67-41-71-53(25-9)57(29-13)75(83-71)61(76-58(30-14)54(26-10)72(84-76)42-68-50(22-6)46(18-2)64(80-68)39-63(45)79-67)37-35-33-34-36-38-62-77-59(31-15)55(27-11)73(85-77)43-69-51(23-7)47(19-3)65(81-69)40-66-48(20-4)52(24-8)70(82-66)44-74-56(28-12)60(32-16)78(62)86-74/h33-34,39-44,79-82H,17-32H2,1-16H3/b34-33+,63-39?,64-39?,65-40?,66-40?,67-41?,68-42?,69-43?,70-44?,71-41?,72-42?,73-43?,74-44?,75-61?,76-61?,77-62?,78-62?. The Balaban J connectivity index is 1.26. The van der Waals surface area contributed by atoms with Gasteiger partial charge in [-0.25, -0.2) is 19.9 Å². The summed E-state index contributed by atoms with van der Waals surface area (Å²) in [5.74, 6) is 14.6. The molecule has 0 saturated carbocycles. The number of nitrogens with zero attached hydrogens (tertiary/aromatic N) is 4. The Kier molecular flexibility index (Phi) is 18.7. The van der Waals surface area contributed by atoms with E-state index in [9.17, 15) is 0 Å². The fourth-order valence-corrected chi connectivity index (χ4v) is 14.9. The van der Waals surface area contributed by atoms with Crippen LogP contribution in [0.5, 0.6) is 0 Å². The Morgan fingerprint density at radius 1 is 0.256 bits per heavy atom. The van der Waals surface area contributed by atoms with Gasteiger partial charge in [-0.3, -0.25) is 0 Å². The Hall–Kier alpha value is -7.94. The minimum atomic E-state index is 0.820. The molecule has 0 atom stereocenters. The Bertz CT molecular complexity index is 3840. The third kappa shape index (κ3) is 10.6. The minimum absolute atomic E-state index is 0.820. The van der Waals surface area contributed by atoms with Crippen molar-refractivity contribution in [1.82, 2.24) is 39.9 Å². The van der Waals surface area contributed by atoms with Crippen molar-refractivity contribution in [3.05, 3.63) is 150 Å². The van der Waals surface area contributed by atoms with E-state index in [1.54, 1.807) is 0 Å². The topological polar surface area (TPSA) is 115 Å². The quantitative estimate of drug-likeness (QED) is 0.0723. The van der Waals surface area contributed by atoms with Gasteiger partial charge in [0.2, 0.25) is 0 Å². The van der Waals surface area contributed by atoms with Gasteiger partial charge in [-0.15, -0.1) is 0 Å². The van der Waals surface area contributed by atoms with Crippen LogP contribution in [0.3, 0.4) is 0 Å². The Morgan fingerprint density at radius 2 is 0.442 bits per heavy atom. The van der Waals surface area contributed by atoms with Gasteiger partial charge in [0, 0.05) is 44.1 Å². The highest BCUT2D eigenvalue weighted by molar-refractivity contribution is 6.01. The van der Waals surface area contributed by atoms with Crippen LogP contribution in [0, 0.1) is 23.7 Å². The molecule has 0 amide bonds. The van der Waals surface area contributed by atoms with Crippen molar-refractivity contribution < 1.29 is 0 Å². The van der Waals surface area contributed by atoms with E-state index in [4.69, 9.17) is 19.9 Å². The molecule has 444 valence electrons. The van der Waals surface area contributed by atoms with Crippen LogP contribution in [-0.4, -0.2) is 39.9 Å². The normalized spacial score (nSPS) is 13.4. The second-order valence-corrected chi connectivity index (χ2v) is 23.0. The highest BCUT2D eigenvalue weighted by Crippen LogP contribution is 2.44. The van der Waals surface area contributed by atoms with Crippen LogP contribution in [0.15, 0.2) is 48.6 Å². The minimum Gasteiger partial charge on any atom is -0.355 e. The number of rotatable bonds is 16. The summed E-state index contributed by atoms with van der Waals surface area (Å²) in [5.41, 5.74) is 39.5. The molecular formula is C78H92N8. The zero-order chi connectivity index (χ0) is 61.1. The van der Waals surface area contributed by atoms with Crippen molar-refractivity contribution in [3.63, 3.8) is 0 Å². The average molecular weight is 1140 g/mol. The van der Waals surface area contributed by atoms with Gasteiger partial charge in [-0.1, -0.05) is 134 Å². The number of hydrogen-bond acceptors (Lipinski definition) is 4. The van der Waals surface area contributed by atoms with E-state index in [-0.39, 0.29) is 0 Å². The predicted molar refractivity (Wildman–Crippen MR) is 370 cm³/mol. The van der Waals surface area contributed by atoms with Gasteiger partial charge in [0.15, 0.2) is 0 Å². The molecular weight excluding hydrogens is 1050 g/mol. The second-order valence-electron chi connectivity index (χ2n) is 23.0. The highest BCUT2D eigenvalue weighted by Gasteiger charge is 2.29. The van der Waals surface area contributed by atoms with Gasteiger partial charge in [0.25, 0.3) is 0 Å². The number of fused-ring (bicyclic) bond motifs is 16. The molecule has 0 aliphatic carbocycles. The van der Waals surface area contributed by atoms with E-state index in [2.05, 4.69) is 191 Å². The first kappa shape index (κ1) is 61.2. The summed E-state index contributed by atoms with van der Waals surface area (Å²) >= 11 is 0. The highest BCUT2D eigenvalue weighted by atomic mass is 14.8. The summed E-state index contributed by atoms with van der Waals surface area (Å²) < 4.78 is 0. The average Bonchev–Trinajstić information content (AvgIpc) is 4.57. The third-order valence-corrected chi connectivity index (χ3v) is 18.9. The first-order valence-corrected chi connectivity index (χ1v) is 33.1. The van der Waals surface area contributed by atoms with E-state index < -0.39 is 0 Å². The molecule has 10 rings (SSSR count). The van der Waals surface area contributed by atoms with Crippen LogP contribution < -0.4 is 0 Å². The molecule has 16 bridgehead atoms. The lowest BCUT2D eigenvalue weighted by atomic mass is 9.94. The van der Waals surface area contributed by atoms with E-state index in [0.29, 0.717) is 0 Å². The van der Waals surface area contributed by atoms with E-state index >= 15 is 0 Å². The molecule has 8 nitrogen and oxygen atoms in total. The smallest absolute Gasteiger partial charge is 0.0851 e. The molecule has 86 heavy (non-hydrogen) atoms. The molecule has 6 aromatic rings. The van der Waals surface area contributed by atoms with Crippen LogP contribution in [0.25, 0.3) is 88.7 Å². The maximum atomic E-state index is 5.66. The van der Waals surface area contributed by atoms with Crippen LogP contribution >= 0.6 is 0 Å². The van der Waals surface area contributed by atoms with E-state index in [1.807, 2.05) is 12.2 Å². The monoisotopic (exact) mass is 1140 g/mol. The lowest BCUT2D eigenvalue weighted by molar-refractivity contribution is 1.07. The van der Waals surface area contributed by atoms with Crippen LogP contribution in [0.2, 0.25) is 0 Å². The largest absolute Gasteiger partial charge is 0.355 e. The molecule has 0 saturated heterocycles. The van der Waals surface area contributed by atoms with Crippen LogP contribution in [0.4, 0.5) is 0 Å². The molecule has 10 heterocycles. The molecule has 6 aromatic heterocycles. The maximum absolute atomic E-state index is 5.66. The number of hydrogen-bond donors (Lipinski definition) is 4. The van der Waals surface area contributed by atoms with Crippen molar-refractivity contribution in [1.29, 1.82) is 0 Å². The third-order valence-electron chi connectivity index (χ3n) is 18.9. The number of aryl methyl sites for hydroxylation is 8. The number of H-pyrrole nitrogens is 4. The summed E-state index contributed by atoms with van der Waals surface area (Å²) in [6, 6.07) is 14.0. The fourth-order valence-electron chi connectivity index (χ4n) is 14.9. The van der Waals surface area contributed by atoms with Gasteiger partial charge in [-0.05, 0) is 240 Å². The number of nitrogens with one attached hydrogen (secondary N) is 4. The second kappa shape index (κ2) is 26.4. The van der Waals surface area contributed by atoms with E-state index in [0.717, 1.165) is 181 Å². The van der Waals surface area contributed by atoms with Crippen molar-refractivity contribution in [2.75, 3.05) is 0 Å². The summed E-state index contributed by atoms with van der Waals surface area (Å²) in [6.45, 7) is 36.3. The number of aromatic amines is 4. The number of aromatic nitrogens is 8. The summed E-state index contributed by atoms with van der Waals surface area (Å²) in [7, 11) is 0. The first-order chi connectivity index (χ1) is 41.9. The molecule has 0 fully saturated rings. The van der Waals surface area contributed by atoms with Gasteiger partial charge < -0.3 is 19.9 Å². The molecule has 0 radical (unpaired) electrons. The molecule has 0 aromatic carbocycles. The summed E-state index contributed by atoms with van der Waals surface area (Å²) in [5, 5.41) is 0. The van der Waals surface area contributed by atoms with Crippen molar-refractivity contribution in [3.8, 4) is 23.7 Å². The molecule has 4 N–H and O–H groups in total. The molecule has 4 aliphatic rings. The first-order valence-electron chi connectivity index (χ1n) is 33.1. The van der Waals surface area contributed by atoms with Gasteiger partial charge in [0.05, 0.1) is 56.7 Å². The zero-order valence-electron chi connectivity index (χ0n) is 54.7. The summed E-state index contributed by atoms with van der Waals surface area (Å²) in [6.07, 6.45) is 17.9. The molecule has 0 unspecified atom stereocenters. The lowest BCUT2D eigenvalue weighted by Gasteiger charge is -2.08. The maximum Gasteiger partial charge on any atom is 0.0851 e. The predicted octanol–water partition coefficient (Wildman–Crippen LogP) is 20.3. The Labute approximate surface area is 512 Å². The summed E-state index contributed by atoms with van der Waals surface area (Å²) in [4.78, 5) is 38.4. The van der Waals surface area contributed by atoms with Crippen LogP contribution in [0.1, 0.15) is 263 Å². The van der Waals surface area contributed by atoms with Crippen molar-refractivity contribution >= 4 is 88.7 Å². The number of allylic oxidation sites excluding steroid dienone is 10.